The molecule has 2 rings (SSSR count). The summed E-state index contributed by atoms with van der Waals surface area (Å²) in [6.45, 7) is 4.91. The Morgan fingerprint density at radius 2 is 2.09 bits per heavy atom. The van der Waals surface area contributed by atoms with Crippen LogP contribution < -0.4 is 5.32 Å². The summed E-state index contributed by atoms with van der Waals surface area (Å²) in [5, 5.41) is 6.08. The average molecular weight is 315 g/mol. The van der Waals surface area contributed by atoms with Gasteiger partial charge in [-0.05, 0) is 39.0 Å². The van der Waals surface area contributed by atoms with Gasteiger partial charge in [-0.1, -0.05) is 0 Å². The number of nitrogens with zero attached hydrogens (tertiary/aromatic N) is 2. The monoisotopic (exact) mass is 315 g/mol. The summed E-state index contributed by atoms with van der Waals surface area (Å²) < 4.78 is 44.3. The highest BCUT2D eigenvalue weighted by Crippen LogP contribution is 2.29. The third kappa shape index (κ3) is 3.49. The van der Waals surface area contributed by atoms with Crippen molar-refractivity contribution < 1.29 is 22.4 Å². The van der Waals surface area contributed by atoms with Crippen molar-refractivity contribution in [3.8, 4) is 0 Å². The van der Waals surface area contributed by atoms with Crippen LogP contribution in [0.2, 0.25) is 0 Å². The number of aromatic nitrogens is 2. The Bertz CT molecular complexity index is 673. The van der Waals surface area contributed by atoms with Crippen LogP contribution in [0.3, 0.4) is 0 Å². The normalized spacial score (nSPS) is 13.2. The van der Waals surface area contributed by atoms with Crippen molar-refractivity contribution in [2.45, 2.75) is 39.5 Å². The lowest BCUT2D eigenvalue weighted by molar-refractivity contribution is -0.142. The average Bonchev–Trinajstić information content (AvgIpc) is 3.00. The van der Waals surface area contributed by atoms with Crippen LogP contribution in [0.15, 0.2) is 22.6 Å². The zero-order valence-corrected chi connectivity index (χ0v) is 12.4. The van der Waals surface area contributed by atoms with Crippen molar-refractivity contribution in [2.75, 3.05) is 0 Å². The van der Waals surface area contributed by atoms with Crippen LogP contribution in [0, 0.1) is 13.8 Å². The molecule has 120 valence electrons. The first-order chi connectivity index (χ1) is 10.2. The molecule has 0 radical (unpaired) electrons. The molecule has 2 heterocycles. The van der Waals surface area contributed by atoms with Crippen molar-refractivity contribution in [2.24, 2.45) is 0 Å². The van der Waals surface area contributed by atoms with Crippen LogP contribution in [0.5, 0.6) is 0 Å². The van der Waals surface area contributed by atoms with E-state index in [1.165, 1.54) is 13.8 Å². The number of aryl methyl sites for hydroxylation is 2. The van der Waals surface area contributed by atoms with E-state index < -0.39 is 23.8 Å². The van der Waals surface area contributed by atoms with E-state index in [1.807, 2.05) is 0 Å². The molecule has 22 heavy (non-hydrogen) atoms. The Kier molecular flexibility index (Phi) is 4.30. The second kappa shape index (κ2) is 5.86. The Balaban J connectivity index is 2.05. The van der Waals surface area contributed by atoms with Crippen molar-refractivity contribution in [1.29, 1.82) is 0 Å². The van der Waals surface area contributed by atoms with E-state index in [2.05, 4.69) is 10.4 Å². The Morgan fingerprint density at radius 3 is 2.59 bits per heavy atom. The zero-order chi connectivity index (χ0) is 16.5. The molecule has 8 heteroatoms. The molecule has 0 fully saturated rings. The lowest BCUT2D eigenvalue weighted by atomic mass is 10.3. The quantitative estimate of drug-likeness (QED) is 0.943. The summed E-state index contributed by atoms with van der Waals surface area (Å²) in [6, 6.07) is 3.55. The number of halogens is 3. The first-order valence-electron chi connectivity index (χ1n) is 6.65. The van der Waals surface area contributed by atoms with Gasteiger partial charge < -0.3 is 9.73 Å². The predicted octanol–water partition coefficient (Wildman–Crippen LogP) is 2.99. The molecule has 2 aromatic heterocycles. The number of alkyl halides is 3. The molecule has 0 aliphatic heterocycles. The number of hydrogen-bond donors (Lipinski definition) is 1. The molecule has 0 saturated carbocycles. The smallest absolute Gasteiger partial charge is 0.435 e. The van der Waals surface area contributed by atoms with Crippen molar-refractivity contribution in [3.05, 3.63) is 41.1 Å². The van der Waals surface area contributed by atoms with Crippen molar-refractivity contribution in [1.82, 2.24) is 15.1 Å². The number of furan rings is 1. The van der Waals surface area contributed by atoms with Crippen LogP contribution in [-0.2, 0) is 17.5 Å². The fraction of sp³-hybridized carbons (Fsp3) is 0.429. The molecule has 0 saturated heterocycles. The van der Waals surface area contributed by atoms with Crippen LogP contribution in [0.4, 0.5) is 13.2 Å². The minimum absolute atomic E-state index is 0.170. The molecule has 0 aliphatic carbocycles. The van der Waals surface area contributed by atoms with Gasteiger partial charge in [-0.2, -0.15) is 18.3 Å². The van der Waals surface area contributed by atoms with Gasteiger partial charge in [-0.25, -0.2) is 0 Å². The summed E-state index contributed by atoms with van der Waals surface area (Å²) in [4.78, 5) is 12.0. The van der Waals surface area contributed by atoms with Gasteiger partial charge in [0.2, 0.25) is 5.91 Å². The summed E-state index contributed by atoms with van der Waals surface area (Å²) in [5.74, 6) is 0.857. The van der Waals surface area contributed by atoms with E-state index in [0.29, 0.717) is 5.76 Å². The molecule has 0 aromatic carbocycles. The molecule has 0 aliphatic rings. The summed E-state index contributed by atoms with van der Waals surface area (Å²) in [6.07, 6.45) is -4.53. The van der Waals surface area contributed by atoms with Gasteiger partial charge in [0.25, 0.3) is 0 Å². The molecule has 1 N–H and O–H groups in total. The minimum atomic E-state index is -4.53. The maximum Gasteiger partial charge on any atom is 0.435 e. The molecule has 1 amide bonds. The fourth-order valence-corrected chi connectivity index (χ4v) is 2.03. The first kappa shape index (κ1) is 16.1. The number of hydrogen-bond acceptors (Lipinski definition) is 3. The van der Waals surface area contributed by atoms with E-state index in [4.69, 9.17) is 4.42 Å². The van der Waals surface area contributed by atoms with Gasteiger partial charge in [0.05, 0.1) is 6.54 Å². The van der Waals surface area contributed by atoms with Gasteiger partial charge in [-0.15, -0.1) is 0 Å². The van der Waals surface area contributed by atoms with Gasteiger partial charge in [0.15, 0.2) is 5.69 Å². The number of carbonyl (C=O) groups excluding carboxylic acids is 1. The number of carbonyl (C=O) groups is 1. The maximum absolute atomic E-state index is 12.6. The van der Waals surface area contributed by atoms with E-state index in [-0.39, 0.29) is 12.2 Å². The summed E-state index contributed by atoms with van der Waals surface area (Å²) in [7, 11) is 0. The highest BCUT2D eigenvalue weighted by molar-refractivity contribution is 5.79. The lowest BCUT2D eigenvalue weighted by Gasteiger charge is -2.14. The molecule has 0 bridgehead atoms. The highest BCUT2D eigenvalue weighted by Gasteiger charge is 2.35. The van der Waals surface area contributed by atoms with Crippen LogP contribution >= 0.6 is 0 Å². The van der Waals surface area contributed by atoms with Gasteiger partial charge in [0, 0.05) is 5.69 Å². The fourth-order valence-electron chi connectivity index (χ4n) is 2.03. The second-order valence-electron chi connectivity index (χ2n) is 5.02. The standard InChI is InChI=1S/C14H16F3N3O2/c1-8-6-12(14(15,16)17)19-20(8)10(3)13(21)18-7-11-5-4-9(2)22-11/h4-6,10H,7H2,1-3H3,(H,18,21)/t10-/m0/s1. The van der Waals surface area contributed by atoms with E-state index >= 15 is 0 Å². The number of nitrogens with one attached hydrogen (secondary N) is 1. The SMILES string of the molecule is Cc1ccc(CNC(=O)[C@H](C)n2nc(C(F)(F)F)cc2C)o1. The topological polar surface area (TPSA) is 60.1 Å². The minimum Gasteiger partial charge on any atom is -0.465 e. The number of amides is 1. The highest BCUT2D eigenvalue weighted by atomic mass is 19.4. The largest absolute Gasteiger partial charge is 0.465 e. The third-order valence-electron chi connectivity index (χ3n) is 3.19. The summed E-state index contributed by atoms with van der Waals surface area (Å²) in [5.41, 5.74) is -0.741. The van der Waals surface area contributed by atoms with Gasteiger partial charge in [-0.3, -0.25) is 9.48 Å². The molecule has 2 aromatic rings. The predicted molar refractivity (Wildman–Crippen MR) is 72.0 cm³/mol. The van der Waals surface area contributed by atoms with Gasteiger partial charge in [0.1, 0.15) is 17.6 Å². The number of rotatable bonds is 4. The van der Waals surface area contributed by atoms with E-state index in [0.717, 1.165) is 16.5 Å². The molecule has 0 unspecified atom stereocenters. The second-order valence-corrected chi connectivity index (χ2v) is 5.02. The van der Waals surface area contributed by atoms with E-state index in [1.54, 1.807) is 19.1 Å². The molecule has 0 spiro atoms. The molecule has 1 atom stereocenters. The Hall–Kier alpha value is -2.25. The van der Waals surface area contributed by atoms with Crippen molar-refractivity contribution in [3.63, 3.8) is 0 Å². The zero-order valence-electron chi connectivity index (χ0n) is 12.4. The third-order valence-corrected chi connectivity index (χ3v) is 3.19. The molecule has 5 nitrogen and oxygen atoms in total. The van der Waals surface area contributed by atoms with Crippen molar-refractivity contribution >= 4 is 5.91 Å². The Labute approximate surface area is 125 Å². The van der Waals surface area contributed by atoms with Gasteiger partial charge >= 0.3 is 6.18 Å². The molecular formula is C14H16F3N3O2. The van der Waals surface area contributed by atoms with Crippen LogP contribution in [-0.4, -0.2) is 15.7 Å². The summed E-state index contributed by atoms with van der Waals surface area (Å²) >= 11 is 0. The van der Waals surface area contributed by atoms with Crippen LogP contribution in [0.1, 0.15) is 35.9 Å². The van der Waals surface area contributed by atoms with E-state index in [9.17, 15) is 18.0 Å². The molecular weight excluding hydrogens is 299 g/mol. The first-order valence-corrected chi connectivity index (χ1v) is 6.65. The maximum atomic E-state index is 12.6. The van der Waals surface area contributed by atoms with Crippen LogP contribution in [0.25, 0.3) is 0 Å². The lowest BCUT2D eigenvalue weighted by Crippen LogP contribution is -2.31. The Morgan fingerprint density at radius 1 is 1.41 bits per heavy atom.